The smallest absolute Gasteiger partial charge is 0.225 e. The fraction of sp³-hybridized carbons (Fsp3) is 0.400. The molecule has 1 aromatic heterocycles. The van der Waals surface area contributed by atoms with Crippen LogP contribution in [-0.2, 0) is 11.2 Å². The molecule has 0 saturated carbocycles. The van der Waals surface area contributed by atoms with Crippen LogP contribution in [-0.4, -0.2) is 23.2 Å². The first-order chi connectivity index (χ1) is 10.5. The lowest BCUT2D eigenvalue weighted by atomic mass is 10.0. The lowest BCUT2D eigenvalue weighted by molar-refractivity contribution is -0.121. The number of carbonyl (C=O) groups excluding carboxylic acids is 1. The number of carbonyl (C=O) groups is 1. The zero-order valence-corrected chi connectivity index (χ0v) is 12.7. The third kappa shape index (κ3) is 3.81. The van der Waals surface area contributed by atoms with Crippen LogP contribution in [0.25, 0.3) is 0 Å². The molecule has 0 saturated heterocycles. The summed E-state index contributed by atoms with van der Waals surface area (Å²) in [6.07, 6.45) is 1.22. The predicted molar refractivity (Wildman–Crippen MR) is 76.7 cm³/mol. The van der Waals surface area contributed by atoms with E-state index in [9.17, 15) is 9.18 Å². The topological polar surface area (TPSA) is 77.2 Å². The van der Waals surface area contributed by atoms with E-state index in [1.54, 1.807) is 0 Å². The fourth-order valence-electron chi connectivity index (χ4n) is 2.13. The number of hydrogen-bond acceptors (Lipinski definition) is 5. The summed E-state index contributed by atoms with van der Waals surface area (Å²) in [5.41, 5.74) is 0.482. The average molecular weight is 307 g/mol. The first-order valence-electron chi connectivity index (χ1n) is 6.89. The number of methoxy groups -OCH3 is 1. The van der Waals surface area contributed by atoms with E-state index in [1.165, 1.54) is 31.7 Å². The van der Waals surface area contributed by atoms with E-state index in [0.717, 1.165) is 0 Å². The quantitative estimate of drug-likeness (QED) is 0.886. The van der Waals surface area contributed by atoms with Gasteiger partial charge in [-0.15, -0.1) is 0 Å². The first-order valence-corrected chi connectivity index (χ1v) is 6.89. The molecule has 1 aromatic carbocycles. The number of nitrogens with zero attached hydrogens (tertiary/aromatic N) is 2. The third-order valence-corrected chi connectivity index (χ3v) is 3.23. The maximum atomic E-state index is 13.3. The van der Waals surface area contributed by atoms with Gasteiger partial charge in [0.1, 0.15) is 11.6 Å². The summed E-state index contributed by atoms with van der Waals surface area (Å²) in [6, 6.07) is 3.70. The van der Waals surface area contributed by atoms with Gasteiger partial charge in [-0.05, 0) is 24.1 Å². The standard InChI is InChI=1S/C15H18FN3O3/c1-9(2)14(15-17-8-22-19-15)18-13(20)7-10-6-11(16)4-5-12(10)21-3/h4-6,8-9,14H,7H2,1-3H3,(H,18,20). The van der Waals surface area contributed by atoms with E-state index in [1.807, 2.05) is 13.8 Å². The van der Waals surface area contributed by atoms with E-state index < -0.39 is 5.82 Å². The highest BCUT2D eigenvalue weighted by Crippen LogP contribution is 2.21. The van der Waals surface area contributed by atoms with Gasteiger partial charge in [0, 0.05) is 5.56 Å². The highest BCUT2D eigenvalue weighted by Gasteiger charge is 2.23. The van der Waals surface area contributed by atoms with Gasteiger partial charge in [-0.2, -0.15) is 4.98 Å². The van der Waals surface area contributed by atoms with E-state index in [0.29, 0.717) is 17.1 Å². The van der Waals surface area contributed by atoms with Gasteiger partial charge >= 0.3 is 0 Å². The van der Waals surface area contributed by atoms with Crippen molar-refractivity contribution in [1.29, 1.82) is 0 Å². The number of rotatable bonds is 6. The van der Waals surface area contributed by atoms with Crippen LogP contribution >= 0.6 is 0 Å². The Morgan fingerprint density at radius 1 is 1.45 bits per heavy atom. The van der Waals surface area contributed by atoms with Gasteiger partial charge in [0.2, 0.25) is 12.3 Å². The average Bonchev–Trinajstić information content (AvgIpc) is 2.98. The molecule has 22 heavy (non-hydrogen) atoms. The van der Waals surface area contributed by atoms with Crippen molar-refractivity contribution in [3.05, 3.63) is 41.8 Å². The number of hydrogen-bond donors (Lipinski definition) is 1. The molecule has 118 valence electrons. The van der Waals surface area contributed by atoms with Crippen LogP contribution in [0.3, 0.4) is 0 Å². The second-order valence-corrected chi connectivity index (χ2v) is 5.21. The molecule has 1 heterocycles. The Balaban J connectivity index is 2.10. The molecule has 0 bridgehead atoms. The summed E-state index contributed by atoms with van der Waals surface area (Å²) in [4.78, 5) is 16.2. The molecule has 2 rings (SSSR count). The van der Waals surface area contributed by atoms with Gasteiger partial charge < -0.3 is 14.6 Å². The molecular formula is C15H18FN3O3. The molecule has 7 heteroatoms. The van der Waals surface area contributed by atoms with Gasteiger partial charge in [-0.25, -0.2) is 4.39 Å². The summed E-state index contributed by atoms with van der Waals surface area (Å²) in [5, 5.41) is 6.60. The molecule has 0 aliphatic rings. The van der Waals surface area contributed by atoms with Crippen LogP contribution in [0.1, 0.15) is 31.3 Å². The second kappa shape index (κ2) is 7.02. The minimum absolute atomic E-state index is 0.00199. The lowest BCUT2D eigenvalue weighted by Crippen LogP contribution is -2.33. The highest BCUT2D eigenvalue weighted by atomic mass is 19.1. The van der Waals surface area contributed by atoms with E-state index in [-0.39, 0.29) is 24.3 Å². The van der Waals surface area contributed by atoms with Crippen LogP contribution in [0.5, 0.6) is 5.75 Å². The van der Waals surface area contributed by atoms with Crippen molar-refractivity contribution in [2.45, 2.75) is 26.3 Å². The predicted octanol–water partition coefficient (Wildman–Crippen LogP) is 2.27. The Morgan fingerprint density at radius 2 is 2.23 bits per heavy atom. The number of aromatic nitrogens is 2. The van der Waals surface area contributed by atoms with Crippen molar-refractivity contribution < 1.29 is 18.4 Å². The van der Waals surface area contributed by atoms with Crippen LogP contribution in [0, 0.1) is 11.7 Å². The molecule has 2 aromatic rings. The van der Waals surface area contributed by atoms with Gasteiger partial charge in [-0.1, -0.05) is 19.0 Å². The van der Waals surface area contributed by atoms with Gasteiger partial charge in [0.15, 0.2) is 5.82 Å². The van der Waals surface area contributed by atoms with E-state index in [2.05, 4.69) is 15.5 Å². The summed E-state index contributed by atoms with van der Waals surface area (Å²) in [5.74, 6) is 0.275. The Labute approximate surface area is 127 Å². The first kappa shape index (κ1) is 15.9. The van der Waals surface area contributed by atoms with Crippen LogP contribution in [0.2, 0.25) is 0 Å². The lowest BCUT2D eigenvalue weighted by Gasteiger charge is -2.19. The maximum Gasteiger partial charge on any atom is 0.225 e. The highest BCUT2D eigenvalue weighted by molar-refractivity contribution is 5.79. The van der Waals surface area contributed by atoms with Crippen molar-refractivity contribution in [3.63, 3.8) is 0 Å². The Bertz CT molecular complexity index is 629. The summed E-state index contributed by atoms with van der Waals surface area (Å²) < 4.78 is 23.2. The molecule has 1 unspecified atom stereocenters. The van der Waals surface area contributed by atoms with Gasteiger partial charge in [-0.3, -0.25) is 4.79 Å². The van der Waals surface area contributed by atoms with E-state index >= 15 is 0 Å². The number of nitrogens with one attached hydrogen (secondary N) is 1. The van der Waals surface area contributed by atoms with Gasteiger partial charge in [0.25, 0.3) is 0 Å². The second-order valence-electron chi connectivity index (χ2n) is 5.21. The number of amides is 1. The molecule has 0 spiro atoms. The fourth-order valence-corrected chi connectivity index (χ4v) is 2.13. The zero-order chi connectivity index (χ0) is 16.1. The zero-order valence-electron chi connectivity index (χ0n) is 12.7. The third-order valence-electron chi connectivity index (χ3n) is 3.23. The monoisotopic (exact) mass is 307 g/mol. The van der Waals surface area contributed by atoms with Gasteiger partial charge in [0.05, 0.1) is 19.6 Å². The molecule has 1 N–H and O–H groups in total. The van der Waals surface area contributed by atoms with Crippen LogP contribution in [0.15, 0.2) is 29.1 Å². The van der Waals surface area contributed by atoms with Crippen molar-refractivity contribution in [1.82, 2.24) is 15.5 Å². The van der Waals surface area contributed by atoms with Crippen LogP contribution < -0.4 is 10.1 Å². The molecule has 1 amide bonds. The minimum atomic E-state index is -0.415. The number of benzene rings is 1. The summed E-state index contributed by atoms with van der Waals surface area (Å²) >= 11 is 0. The molecule has 0 fully saturated rings. The maximum absolute atomic E-state index is 13.3. The largest absolute Gasteiger partial charge is 0.496 e. The molecule has 1 atom stereocenters. The van der Waals surface area contributed by atoms with Crippen molar-refractivity contribution in [3.8, 4) is 5.75 Å². The van der Waals surface area contributed by atoms with Crippen molar-refractivity contribution >= 4 is 5.91 Å². The Morgan fingerprint density at radius 3 is 2.82 bits per heavy atom. The Kier molecular flexibility index (Phi) is 5.08. The molecule has 0 aliphatic heterocycles. The summed E-state index contributed by atoms with van der Waals surface area (Å²) in [7, 11) is 1.48. The van der Waals surface area contributed by atoms with Crippen LogP contribution in [0.4, 0.5) is 4.39 Å². The number of ether oxygens (including phenoxy) is 1. The normalized spacial score (nSPS) is 12.2. The molecule has 6 nitrogen and oxygen atoms in total. The minimum Gasteiger partial charge on any atom is -0.496 e. The SMILES string of the molecule is COc1ccc(F)cc1CC(=O)NC(c1ncon1)C(C)C. The van der Waals surface area contributed by atoms with E-state index in [4.69, 9.17) is 9.26 Å². The molecular weight excluding hydrogens is 289 g/mol. The molecule has 0 aliphatic carbocycles. The Hall–Kier alpha value is -2.44. The molecule has 0 radical (unpaired) electrons. The van der Waals surface area contributed by atoms with Crippen molar-refractivity contribution in [2.75, 3.05) is 7.11 Å². The summed E-state index contributed by atoms with van der Waals surface area (Å²) in [6.45, 7) is 3.87. The number of halogens is 1. The van der Waals surface area contributed by atoms with Crippen molar-refractivity contribution in [2.24, 2.45) is 5.92 Å².